The Kier molecular flexibility index (Phi) is 5.29. The fourth-order valence-corrected chi connectivity index (χ4v) is 3.10. The Morgan fingerprint density at radius 3 is 2.37 bits per heavy atom. The number of hydrogen-bond donors (Lipinski definition) is 2. The van der Waals surface area contributed by atoms with Crippen LogP contribution in [-0.2, 0) is 6.54 Å². The second-order valence-corrected chi connectivity index (χ2v) is 6.55. The predicted molar refractivity (Wildman–Crippen MR) is 114 cm³/mol. The van der Waals surface area contributed by atoms with Gasteiger partial charge in [0.15, 0.2) is 0 Å². The number of fused-ring (bicyclic) bond motifs is 1. The van der Waals surface area contributed by atoms with E-state index in [0.717, 1.165) is 16.6 Å². The minimum absolute atomic E-state index is 0.0215. The van der Waals surface area contributed by atoms with Gasteiger partial charge in [0.05, 0.1) is 10.3 Å². The van der Waals surface area contributed by atoms with E-state index in [4.69, 9.17) is 0 Å². The van der Waals surface area contributed by atoms with E-state index in [9.17, 15) is 14.9 Å². The first-order chi connectivity index (χ1) is 14.6. The summed E-state index contributed by atoms with van der Waals surface area (Å²) in [4.78, 5) is 31.1. The minimum atomic E-state index is -0.413. The Morgan fingerprint density at radius 1 is 0.900 bits per heavy atom. The first-order valence-electron chi connectivity index (χ1n) is 9.17. The Bertz CT molecular complexity index is 1210. The molecule has 0 saturated carbocycles. The molecule has 1 amide bonds. The van der Waals surface area contributed by atoms with Gasteiger partial charge in [-0.15, -0.1) is 0 Å². The van der Waals surface area contributed by atoms with Gasteiger partial charge in [0.25, 0.3) is 11.6 Å². The Balaban J connectivity index is 1.46. The van der Waals surface area contributed by atoms with E-state index in [-0.39, 0.29) is 11.6 Å². The molecule has 30 heavy (non-hydrogen) atoms. The van der Waals surface area contributed by atoms with Gasteiger partial charge in [-0.25, -0.2) is 0 Å². The van der Waals surface area contributed by atoms with Gasteiger partial charge in [0, 0.05) is 59.7 Å². The molecule has 0 atom stereocenters. The number of amides is 1. The number of non-ortho nitro benzene ring substituents is 1. The summed E-state index contributed by atoms with van der Waals surface area (Å²) in [5.74, 6) is -0.199. The molecule has 0 radical (unpaired) electrons. The third kappa shape index (κ3) is 4.07. The molecule has 8 heteroatoms. The number of nitrogens with zero attached hydrogens (tertiary/aromatic N) is 3. The first kappa shape index (κ1) is 19.0. The van der Waals surface area contributed by atoms with Gasteiger partial charge < -0.3 is 10.6 Å². The van der Waals surface area contributed by atoms with E-state index in [1.165, 1.54) is 12.3 Å². The van der Waals surface area contributed by atoms with Crippen molar-refractivity contribution in [3.63, 3.8) is 0 Å². The summed E-state index contributed by atoms with van der Waals surface area (Å²) < 4.78 is 0. The van der Waals surface area contributed by atoms with Gasteiger partial charge in [-0.2, -0.15) is 0 Å². The van der Waals surface area contributed by atoms with E-state index < -0.39 is 4.92 Å². The van der Waals surface area contributed by atoms with Crippen molar-refractivity contribution in [1.29, 1.82) is 0 Å². The van der Waals surface area contributed by atoms with Crippen LogP contribution >= 0.6 is 0 Å². The van der Waals surface area contributed by atoms with Crippen molar-refractivity contribution in [1.82, 2.24) is 9.97 Å². The van der Waals surface area contributed by atoms with Crippen molar-refractivity contribution < 1.29 is 9.72 Å². The van der Waals surface area contributed by atoms with Crippen molar-refractivity contribution in [2.24, 2.45) is 0 Å². The van der Waals surface area contributed by atoms with E-state index in [1.807, 2.05) is 12.1 Å². The highest BCUT2D eigenvalue weighted by atomic mass is 16.6. The van der Waals surface area contributed by atoms with E-state index >= 15 is 0 Å². The highest BCUT2D eigenvalue weighted by Crippen LogP contribution is 2.30. The maximum absolute atomic E-state index is 12.3. The molecule has 0 unspecified atom stereocenters. The van der Waals surface area contributed by atoms with Crippen molar-refractivity contribution in [3.8, 4) is 0 Å². The number of carbonyl (C=O) groups excluding carboxylic acids is 1. The van der Waals surface area contributed by atoms with Gasteiger partial charge in [-0.1, -0.05) is 12.1 Å². The van der Waals surface area contributed by atoms with Crippen LogP contribution < -0.4 is 10.6 Å². The molecular weight excluding hydrogens is 382 g/mol. The number of benzene rings is 2. The number of pyridine rings is 2. The summed E-state index contributed by atoms with van der Waals surface area (Å²) in [6.45, 7) is 0.501. The van der Waals surface area contributed by atoms with Crippen molar-refractivity contribution in [2.75, 3.05) is 10.6 Å². The molecule has 2 heterocycles. The third-order valence-electron chi connectivity index (χ3n) is 4.63. The molecule has 0 spiro atoms. The van der Waals surface area contributed by atoms with Gasteiger partial charge in [0.2, 0.25) is 0 Å². The summed E-state index contributed by atoms with van der Waals surface area (Å²) in [6.07, 6.45) is 6.33. The normalized spacial score (nSPS) is 10.5. The van der Waals surface area contributed by atoms with Crippen LogP contribution in [0.5, 0.6) is 0 Å². The third-order valence-corrected chi connectivity index (χ3v) is 4.63. The van der Waals surface area contributed by atoms with Crippen LogP contribution in [0.25, 0.3) is 10.8 Å². The first-order valence-corrected chi connectivity index (χ1v) is 9.17. The lowest BCUT2D eigenvalue weighted by atomic mass is 10.1. The fraction of sp³-hybridized carbons (Fsp3) is 0.0455. The van der Waals surface area contributed by atoms with Crippen LogP contribution in [0.2, 0.25) is 0 Å². The molecule has 2 N–H and O–H groups in total. The van der Waals surface area contributed by atoms with Crippen LogP contribution in [0.15, 0.2) is 79.4 Å². The number of nitrogens with one attached hydrogen (secondary N) is 2. The summed E-state index contributed by atoms with van der Waals surface area (Å²) in [6, 6.07) is 15.6. The van der Waals surface area contributed by atoms with E-state index in [2.05, 4.69) is 20.6 Å². The topological polar surface area (TPSA) is 110 Å². The summed E-state index contributed by atoms with van der Waals surface area (Å²) in [7, 11) is 0. The quantitative estimate of drug-likeness (QED) is 0.367. The second kappa shape index (κ2) is 8.36. The molecular formula is C22H17N5O3. The van der Waals surface area contributed by atoms with Gasteiger partial charge in [-0.05, 0) is 42.0 Å². The molecule has 0 aliphatic carbocycles. The highest BCUT2D eigenvalue weighted by molar-refractivity contribution is 6.04. The monoisotopic (exact) mass is 399 g/mol. The maximum Gasteiger partial charge on any atom is 0.278 e. The molecule has 0 fully saturated rings. The number of anilines is 2. The smallest absolute Gasteiger partial charge is 0.278 e. The minimum Gasteiger partial charge on any atom is -0.380 e. The van der Waals surface area contributed by atoms with E-state index in [1.54, 1.807) is 55.0 Å². The molecule has 2 aromatic heterocycles. The molecule has 0 aliphatic rings. The number of carbonyl (C=O) groups is 1. The van der Waals surface area contributed by atoms with Crippen LogP contribution in [0.4, 0.5) is 17.1 Å². The number of aromatic nitrogens is 2. The molecule has 148 valence electrons. The largest absolute Gasteiger partial charge is 0.380 e. The average molecular weight is 399 g/mol. The van der Waals surface area contributed by atoms with Crippen LogP contribution in [0.3, 0.4) is 0 Å². The van der Waals surface area contributed by atoms with E-state index in [0.29, 0.717) is 23.2 Å². The number of rotatable bonds is 6. The van der Waals surface area contributed by atoms with Crippen molar-refractivity contribution in [2.45, 2.75) is 6.54 Å². The SMILES string of the molecule is O=C(Nc1ccncc1)c1ccc(CNc2ccc([N+](=O)[O-])c3cnccc23)cc1. The zero-order valence-electron chi connectivity index (χ0n) is 15.8. The van der Waals surface area contributed by atoms with Crippen molar-refractivity contribution >= 4 is 33.7 Å². The van der Waals surface area contributed by atoms with Gasteiger partial charge >= 0.3 is 0 Å². The zero-order chi connectivity index (χ0) is 20.9. The molecule has 0 bridgehead atoms. The Labute approximate surface area is 171 Å². The molecule has 0 saturated heterocycles. The lowest BCUT2D eigenvalue weighted by Gasteiger charge is -2.11. The number of hydrogen-bond acceptors (Lipinski definition) is 6. The maximum atomic E-state index is 12.3. The number of nitro groups is 1. The lowest BCUT2D eigenvalue weighted by molar-refractivity contribution is -0.383. The Hall–Kier alpha value is -4.33. The molecule has 2 aromatic carbocycles. The summed E-state index contributed by atoms with van der Waals surface area (Å²) in [5.41, 5.74) is 2.99. The van der Waals surface area contributed by atoms with Gasteiger partial charge in [0.1, 0.15) is 0 Å². The van der Waals surface area contributed by atoms with Crippen LogP contribution in [0, 0.1) is 10.1 Å². The molecule has 8 nitrogen and oxygen atoms in total. The second-order valence-electron chi connectivity index (χ2n) is 6.55. The summed E-state index contributed by atoms with van der Waals surface area (Å²) in [5, 5.41) is 18.6. The standard InChI is InChI=1S/C22H17N5O3/c28-22(26-17-7-10-23-11-8-17)16-3-1-15(2-4-16)13-25-20-5-6-21(27(29)30)19-14-24-12-9-18(19)20/h1-12,14,25H,13H2,(H,23,26,28). The zero-order valence-corrected chi connectivity index (χ0v) is 15.8. The lowest BCUT2D eigenvalue weighted by Crippen LogP contribution is -2.12. The Morgan fingerprint density at radius 2 is 1.63 bits per heavy atom. The summed E-state index contributed by atoms with van der Waals surface area (Å²) >= 11 is 0. The number of nitro benzene ring substituents is 1. The highest BCUT2D eigenvalue weighted by Gasteiger charge is 2.14. The molecule has 4 aromatic rings. The predicted octanol–water partition coefficient (Wildman–Crippen LogP) is 4.40. The van der Waals surface area contributed by atoms with Crippen molar-refractivity contribution in [3.05, 3.63) is 101 Å². The van der Waals surface area contributed by atoms with Gasteiger partial charge in [-0.3, -0.25) is 24.9 Å². The average Bonchev–Trinajstić information content (AvgIpc) is 2.78. The molecule has 4 rings (SSSR count). The fourth-order valence-electron chi connectivity index (χ4n) is 3.10. The van der Waals surface area contributed by atoms with Crippen LogP contribution in [0.1, 0.15) is 15.9 Å². The molecule has 0 aliphatic heterocycles. The van der Waals surface area contributed by atoms with Crippen LogP contribution in [-0.4, -0.2) is 20.8 Å².